The van der Waals surface area contributed by atoms with Crippen molar-refractivity contribution in [3.05, 3.63) is 27.9 Å². The number of sulfonamides is 1. The fourth-order valence-electron chi connectivity index (χ4n) is 1.29. The van der Waals surface area contributed by atoms with E-state index in [4.69, 9.17) is 5.14 Å². The number of primary sulfonamides is 1. The molecule has 0 saturated heterocycles. The highest BCUT2D eigenvalue weighted by molar-refractivity contribution is 7.89. The van der Waals surface area contributed by atoms with E-state index >= 15 is 0 Å². The van der Waals surface area contributed by atoms with E-state index in [2.05, 4.69) is 0 Å². The van der Waals surface area contributed by atoms with Crippen molar-refractivity contribution < 1.29 is 8.42 Å². The molecule has 0 saturated carbocycles. The zero-order chi connectivity index (χ0) is 11.2. The fraction of sp³-hybridized carbons (Fsp3) is 0.125. The predicted molar refractivity (Wildman–Crippen MR) is 58.4 cm³/mol. The Kier molecular flexibility index (Phi) is 2.18. The van der Waals surface area contributed by atoms with Gasteiger partial charge >= 0.3 is 4.87 Å². The summed E-state index contributed by atoms with van der Waals surface area (Å²) in [6, 6.07) is 4.38. The van der Waals surface area contributed by atoms with Crippen LogP contribution in [0, 0.1) is 0 Å². The van der Waals surface area contributed by atoms with Crippen LogP contribution in [0.15, 0.2) is 27.9 Å². The molecule has 5 nitrogen and oxygen atoms in total. The van der Waals surface area contributed by atoms with E-state index in [1.165, 1.54) is 16.7 Å². The van der Waals surface area contributed by atoms with Gasteiger partial charge in [0, 0.05) is 7.05 Å². The third-order valence-corrected chi connectivity index (χ3v) is 4.00. The van der Waals surface area contributed by atoms with Gasteiger partial charge in [0.2, 0.25) is 10.0 Å². The predicted octanol–water partition coefficient (Wildman–Crippen LogP) is 0.247. The molecule has 0 fully saturated rings. The molecule has 80 valence electrons. The van der Waals surface area contributed by atoms with Gasteiger partial charge < -0.3 is 4.57 Å². The highest BCUT2D eigenvalue weighted by Gasteiger charge is 2.11. The maximum absolute atomic E-state index is 11.3. The third kappa shape index (κ3) is 1.69. The molecule has 0 aliphatic carbocycles. The van der Waals surface area contributed by atoms with Gasteiger partial charge in [-0.2, -0.15) is 0 Å². The molecule has 0 spiro atoms. The lowest BCUT2D eigenvalue weighted by Crippen LogP contribution is -2.11. The second-order valence-electron chi connectivity index (χ2n) is 3.10. The second kappa shape index (κ2) is 3.16. The Bertz CT molecular complexity index is 681. The van der Waals surface area contributed by atoms with Crippen molar-refractivity contribution in [1.29, 1.82) is 0 Å². The highest BCUT2D eigenvalue weighted by atomic mass is 32.2. The number of fused-ring (bicyclic) bond motifs is 1. The van der Waals surface area contributed by atoms with Gasteiger partial charge in [-0.05, 0) is 18.2 Å². The lowest BCUT2D eigenvalue weighted by molar-refractivity contribution is 0.598. The first-order chi connectivity index (χ1) is 6.89. The summed E-state index contributed by atoms with van der Waals surface area (Å²) in [4.78, 5) is 11.2. The van der Waals surface area contributed by atoms with Gasteiger partial charge in [-0.15, -0.1) is 0 Å². The first-order valence-electron chi connectivity index (χ1n) is 4.02. The highest BCUT2D eigenvalue weighted by Crippen LogP contribution is 2.19. The maximum atomic E-state index is 11.3. The molecule has 2 aromatic rings. The van der Waals surface area contributed by atoms with Crippen LogP contribution >= 0.6 is 11.3 Å². The summed E-state index contributed by atoms with van der Waals surface area (Å²) in [6.45, 7) is 0. The minimum Gasteiger partial charge on any atom is -0.302 e. The summed E-state index contributed by atoms with van der Waals surface area (Å²) < 4.78 is 24.2. The molecule has 0 aliphatic rings. The smallest absolute Gasteiger partial charge is 0.302 e. The number of aryl methyl sites for hydroxylation is 1. The van der Waals surface area contributed by atoms with Gasteiger partial charge in [-0.25, -0.2) is 13.6 Å². The van der Waals surface area contributed by atoms with Gasteiger partial charge in [-0.3, -0.25) is 4.79 Å². The molecule has 1 aromatic heterocycles. The number of nitrogens with two attached hydrogens (primary N) is 1. The average molecular weight is 244 g/mol. The van der Waals surface area contributed by atoms with Crippen LogP contribution in [0.25, 0.3) is 10.2 Å². The minimum atomic E-state index is -3.70. The van der Waals surface area contributed by atoms with E-state index in [-0.39, 0.29) is 9.77 Å². The number of thiazole rings is 1. The molecule has 1 heterocycles. The van der Waals surface area contributed by atoms with Crippen LogP contribution in [0.4, 0.5) is 0 Å². The summed E-state index contributed by atoms with van der Waals surface area (Å²) in [5.41, 5.74) is 0.706. The molecule has 0 atom stereocenters. The molecule has 7 heteroatoms. The van der Waals surface area contributed by atoms with E-state index in [0.29, 0.717) is 10.2 Å². The Morgan fingerprint density at radius 2 is 2.07 bits per heavy atom. The SMILES string of the molecule is Cn1c(=O)sc2cc(S(N)(=O)=O)ccc21. The Balaban J connectivity index is 2.84. The Morgan fingerprint density at radius 3 is 2.67 bits per heavy atom. The lowest BCUT2D eigenvalue weighted by Gasteiger charge is -1.98. The van der Waals surface area contributed by atoms with Gasteiger partial charge in [0.05, 0.1) is 15.1 Å². The van der Waals surface area contributed by atoms with Crippen LogP contribution in [0.1, 0.15) is 0 Å². The van der Waals surface area contributed by atoms with Crippen LogP contribution in [-0.2, 0) is 17.1 Å². The molecular weight excluding hydrogens is 236 g/mol. The van der Waals surface area contributed by atoms with E-state index in [1.54, 1.807) is 13.1 Å². The fourth-order valence-corrected chi connectivity index (χ4v) is 2.82. The van der Waals surface area contributed by atoms with E-state index in [1.807, 2.05) is 0 Å². The van der Waals surface area contributed by atoms with Crippen molar-refractivity contribution in [3.63, 3.8) is 0 Å². The topological polar surface area (TPSA) is 82.2 Å². The second-order valence-corrected chi connectivity index (χ2v) is 5.66. The van der Waals surface area contributed by atoms with Gasteiger partial charge in [0.25, 0.3) is 0 Å². The van der Waals surface area contributed by atoms with Gasteiger partial charge in [0.1, 0.15) is 0 Å². The number of hydrogen-bond acceptors (Lipinski definition) is 4. The summed E-state index contributed by atoms with van der Waals surface area (Å²) in [5, 5.41) is 4.98. The molecule has 15 heavy (non-hydrogen) atoms. The molecule has 0 amide bonds. The monoisotopic (exact) mass is 244 g/mol. The molecule has 0 aliphatic heterocycles. The van der Waals surface area contributed by atoms with Crippen LogP contribution in [0.2, 0.25) is 0 Å². The molecule has 0 unspecified atom stereocenters. The largest absolute Gasteiger partial charge is 0.307 e. The summed E-state index contributed by atoms with van der Waals surface area (Å²) in [6.07, 6.45) is 0. The Hall–Kier alpha value is -1.18. The Morgan fingerprint density at radius 1 is 1.40 bits per heavy atom. The Labute approximate surface area is 89.8 Å². The van der Waals surface area contributed by atoms with Crippen molar-refractivity contribution in [3.8, 4) is 0 Å². The lowest BCUT2D eigenvalue weighted by atomic mass is 10.3. The maximum Gasteiger partial charge on any atom is 0.307 e. The van der Waals surface area contributed by atoms with Crippen molar-refractivity contribution in [2.45, 2.75) is 4.90 Å². The van der Waals surface area contributed by atoms with Crippen molar-refractivity contribution in [1.82, 2.24) is 4.57 Å². The standard InChI is InChI=1S/C8H8N2O3S2/c1-10-6-3-2-5(15(9,12)13)4-7(6)14-8(10)11/h2-4H,1H3,(H2,9,12,13). The molecule has 2 rings (SSSR count). The molecule has 1 aromatic carbocycles. The van der Waals surface area contributed by atoms with E-state index < -0.39 is 10.0 Å². The quantitative estimate of drug-likeness (QED) is 0.780. The number of rotatable bonds is 1. The summed E-state index contributed by atoms with van der Waals surface area (Å²) >= 11 is 0.996. The summed E-state index contributed by atoms with van der Waals surface area (Å²) in [5.74, 6) is 0. The molecule has 0 bridgehead atoms. The van der Waals surface area contributed by atoms with Crippen molar-refractivity contribution >= 4 is 31.6 Å². The van der Waals surface area contributed by atoms with E-state index in [0.717, 1.165) is 11.3 Å². The van der Waals surface area contributed by atoms with Crippen molar-refractivity contribution in [2.75, 3.05) is 0 Å². The van der Waals surface area contributed by atoms with Crippen LogP contribution in [0.5, 0.6) is 0 Å². The summed E-state index contributed by atoms with van der Waals surface area (Å²) in [7, 11) is -2.07. The first-order valence-corrected chi connectivity index (χ1v) is 6.38. The van der Waals surface area contributed by atoms with Crippen LogP contribution < -0.4 is 10.0 Å². The zero-order valence-electron chi connectivity index (χ0n) is 7.80. The number of benzene rings is 1. The van der Waals surface area contributed by atoms with Crippen molar-refractivity contribution in [2.24, 2.45) is 12.2 Å². The zero-order valence-corrected chi connectivity index (χ0v) is 9.43. The average Bonchev–Trinajstić information content (AvgIpc) is 2.41. The van der Waals surface area contributed by atoms with Crippen LogP contribution in [0.3, 0.4) is 0 Å². The van der Waals surface area contributed by atoms with Gasteiger partial charge in [0.15, 0.2) is 0 Å². The molecule has 0 radical (unpaired) electrons. The minimum absolute atomic E-state index is 0.0249. The van der Waals surface area contributed by atoms with Gasteiger partial charge in [-0.1, -0.05) is 11.3 Å². The number of aromatic nitrogens is 1. The van der Waals surface area contributed by atoms with Crippen LogP contribution in [-0.4, -0.2) is 13.0 Å². The number of hydrogen-bond donors (Lipinski definition) is 1. The third-order valence-electron chi connectivity index (χ3n) is 2.09. The van der Waals surface area contributed by atoms with E-state index in [9.17, 15) is 13.2 Å². The number of nitrogens with zero attached hydrogens (tertiary/aromatic N) is 1. The first kappa shape index (κ1) is 10.3. The molecular formula is C8H8N2O3S2. The molecule has 2 N–H and O–H groups in total. The normalized spacial score (nSPS) is 12.1.